The van der Waals surface area contributed by atoms with Crippen molar-refractivity contribution in [2.24, 2.45) is 0 Å². The van der Waals surface area contributed by atoms with Gasteiger partial charge in [-0.05, 0) is 30.7 Å². The number of rotatable bonds is 1. The Hall–Kier alpha value is -2.37. The standard InChI is InChI=1S/C14H10F3N3/c1-9-5-6-20-13(19-9)12(8-18-20)10-3-2-4-11(7-10)14(15,16)17/h2-8H,1H3. The van der Waals surface area contributed by atoms with Gasteiger partial charge in [0.2, 0.25) is 0 Å². The molecule has 0 aliphatic rings. The monoisotopic (exact) mass is 277 g/mol. The average molecular weight is 277 g/mol. The normalized spacial score (nSPS) is 12.0. The van der Waals surface area contributed by atoms with Crippen LogP contribution in [0.2, 0.25) is 0 Å². The minimum Gasteiger partial charge on any atom is -0.233 e. The molecular formula is C14H10F3N3. The number of nitrogens with zero attached hydrogens (tertiary/aromatic N) is 3. The highest BCUT2D eigenvalue weighted by Crippen LogP contribution is 2.32. The maximum absolute atomic E-state index is 12.8. The summed E-state index contributed by atoms with van der Waals surface area (Å²) in [5, 5.41) is 4.10. The van der Waals surface area contributed by atoms with Crippen LogP contribution in [-0.2, 0) is 6.18 Å². The highest BCUT2D eigenvalue weighted by Gasteiger charge is 2.30. The summed E-state index contributed by atoms with van der Waals surface area (Å²) in [4.78, 5) is 4.32. The number of halogens is 3. The third-order valence-electron chi connectivity index (χ3n) is 3.01. The van der Waals surface area contributed by atoms with Crippen LogP contribution >= 0.6 is 0 Å². The van der Waals surface area contributed by atoms with Crippen LogP contribution in [-0.4, -0.2) is 14.6 Å². The fraction of sp³-hybridized carbons (Fsp3) is 0.143. The lowest BCUT2D eigenvalue weighted by Crippen LogP contribution is -2.04. The van der Waals surface area contributed by atoms with Gasteiger partial charge in [-0.25, -0.2) is 9.50 Å². The van der Waals surface area contributed by atoms with E-state index in [-0.39, 0.29) is 0 Å². The predicted molar refractivity (Wildman–Crippen MR) is 68.2 cm³/mol. The van der Waals surface area contributed by atoms with Gasteiger partial charge in [-0.15, -0.1) is 0 Å². The molecule has 3 nitrogen and oxygen atoms in total. The topological polar surface area (TPSA) is 30.2 Å². The second kappa shape index (κ2) is 4.33. The SMILES string of the molecule is Cc1ccn2ncc(-c3cccc(C(F)(F)F)c3)c2n1. The molecule has 0 saturated heterocycles. The molecule has 0 radical (unpaired) electrons. The first kappa shape index (κ1) is 12.7. The summed E-state index contributed by atoms with van der Waals surface area (Å²) in [6, 6.07) is 6.96. The van der Waals surface area contributed by atoms with Crippen LogP contribution in [0.4, 0.5) is 13.2 Å². The van der Waals surface area contributed by atoms with Crippen molar-refractivity contribution in [3.05, 3.63) is 54.0 Å². The predicted octanol–water partition coefficient (Wildman–Crippen LogP) is 3.72. The molecule has 0 saturated carbocycles. The summed E-state index contributed by atoms with van der Waals surface area (Å²) >= 11 is 0. The molecule has 6 heteroatoms. The molecule has 0 spiro atoms. The van der Waals surface area contributed by atoms with Crippen molar-refractivity contribution < 1.29 is 13.2 Å². The van der Waals surface area contributed by atoms with Crippen molar-refractivity contribution in [3.63, 3.8) is 0 Å². The maximum Gasteiger partial charge on any atom is 0.416 e. The summed E-state index contributed by atoms with van der Waals surface area (Å²) < 4.78 is 39.8. The van der Waals surface area contributed by atoms with Gasteiger partial charge in [-0.3, -0.25) is 0 Å². The zero-order valence-electron chi connectivity index (χ0n) is 10.5. The Morgan fingerprint density at radius 3 is 2.70 bits per heavy atom. The molecule has 0 atom stereocenters. The molecule has 3 rings (SSSR count). The molecule has 0 amide bonds. The Morgan fingerprint density at radius 2 is 1.95 bits per heavy atom. The number of fused-ring (bicyclic) bond motifs is 1. The zero-order chi connectivity index (χ0) is 14.3. The van der Waals surface area contributed by atoms with Gasteiger partial charge in [-0.1, -0.05) is 12.1 Å². The van der Waals surface area contributed by atoms with E-state index in [1.807, 2.05) is 6.92 Å². The van der Waals surface area contributed by atoms with E-state index in [1.54, 1.807) is 22.8 Å². The van der Waals surface area contributed by atoms with E-state index in [4.69, 9.17) is 0 Å². The molecule has 102 valence electrons. The van der Waals surface area contributed by atoms with Crippen LogP contribution < -0.4 is 0 Å². The summed E-state index contributed by atoms with van der Waals surface area (Å²) in [5.74, 6) is 0. The number of aryl methyl sites for hydroxylation is 1. The van der Waals surface area contributed by atoms with Gasteiger partial charge >= 0.3 is 6.18 Å². The molecule has 2 heterocycles. The van der Waals surface area contributed by atoms with Gasteiger partial charge in [0.1, 0.15) is 0 Å². The summed E-state index contributed by atoms with van der Waals surface area (Å²) in [5.41, 5.74) is 1.69. The van der Waals surface area contributed by atoms with Crippen LogP contribution in [0.3, 0.4) is 0 Å². The second-order valence-electron chi connectivity index (χ2n) is 4.47. The van der Waals surface area contributed by atoms with Crippen LogP contribution in [0.5, 0.6) is 0 Å². The van der Waals surface area contributed by atoms with Gasteiger partial charge < -0.3 is 0 Å². The van der Waals surface area contributed by atoms with E-state index < -0.39 is 11.7 Å². The molecule has 0 aliphatic carbocycles. The van der Waals surface area contributed by atoms with Gasteiger partial charge in [0, 0.05) is 17.5 Å². The molecule has 0 fully saturated rings. The third-order valence-corrected chi connectivity index (χ3v) is 3.01. The fourth-order valence-corrected chi connectivity index (χ4v) is 2.03. The van der Waals surface area contributed by atoms with Gasteiger partial charge in [0.15, 0.2) is 5.65 Å². The minimum absolute atomic E-state index is 0.452. The summed E-state index contributed by atoms with van der Waals surface area (Å²) in [6.45, 7) is 1.82. The first-order chi connectivity index (χ1) is 9.45. The Kier molecular flexibility index (Phi) is 2.74. The second-order valence-corrected chi connectivity index (χ2v) is 4.47. The number of benzene rings is 1. The summed E-state index contributed by atoms with van der Waals surface area (Å²) in [7, 11) is 0. The van der Waals surface area contributed by atoms with Crippen molar-refractivity contribution in [1.82, 2.24) is 14.6 Å². The van der Waals surface area contributed by atoms with E-state index in [0.29, 0.717) is 16.8 Å². The smallest absolute Gasteiger partial charge is 0.233 e. The first-order valence-electron chi connectivity index (χ1n) is 5.94. The number of hydrogen-bond donors (Lipinski definition) is 0. The largest absolute Gasteiger partial charge is 0.416 e. The molecule has 0 aliphatic heterocycles. The number of hydrogen-bond acceptors (Lipinski definition) is 2. The van der Waals surface area contributed by atoms with Crippen LogP contribution in [0, 0.1) is 6.92 Å². The maximum atomic E-state index is 12.8. The Morgan fingerprint density at radius 1 is 1.15 bits per heavy atom. The molecule has 0 bridgehead atoms. The van der Waals surface area contributed by atoms with Crippen molar-refractivity contribution in [1.29, 1.82) is 0 Å². The Labute approximate surface area is 112 Å². The van der Waals surface area contributed by atoms with Gasteiger partial charge in [0.05, 0.1) is 11.8 Å². The summed E-state index contributed by atoms with van der Waals surface area (Å²) in [6.07, 6.45) is -1.10. The lowest BCUT2D eigenvalue weighted by molar-refractivity contribution is -0.137. The molecule has 3 aromatic rings. The fourth-order valence-electron chi connectivity index (χ4n) is 2.03. The van der Waals surface area contributed by atoms with Crippen molar-refractivity contribution in [2.75, 3.05) is 0 Å². The molecule has 0 unspecified atom stereocenters. The molecule has 2 aromatic heterocycles. The quantitative estimate of drug-likeness (QED) is 0.678. The van der Waals surface area contributed by atoms with Gasteiger partial charge in [0.25, 0.3) is 0 Å². The lowest BCUT2D eigenvalue weighted by Gasteiger charge is -2.08. The van der Waals surface area contributed by atoms with E-state index >= 15 is 0 Å². The number of aromatic nitrogens is 3. The van der Waals surface area contributed by atoms with E-state index in [0.717, 1.165) is 17.8 Å². The van der Waals surface area contributed by atoms with Crippen molar-refractivity contribution >= 4 is 5.65 Å². The van der Waals surface area contributed by atoms with Gasteiger partial charge in [-0.2, -0.15) is 18.3 Å². The average Bonchev–Trinajstić information content (AvgIpc) is 2.81. The molecule has 20 heavy (non-hydrogen) atoms. The lowest BCUT2D eigenvalue weighted by atomic mass is 10.1. The van der Waals surface area contributed by atoms with Crippen LogP contribution in [0.1, 0.15) is 11.3 Å². The molecule has 1 aromatic carbocycles. The molecule has 0 N–H and O–H groups in total. The Bertz CT molecular complexity index is 775. The minimum atomic E-state index is -4.36. The van der Waals surface area contributed by atoms with E-state index in [9.17, 15) is 13.2 Å². The third kappa shape index (κ3) is 2.13. The van der Waals surface area contributed by atoms with E-state index in [2.05, 4.69) is 10.1 Å². The van der Waals surface area contributed by atoms with Crippen LogP contribution in [0.15, 0.2) is 42.7 Å². The molecular weight excluding hydrogens is 267 g/mol. The van der Waals surface area contributed by atoms with E-state index in [1.165, 1.54) is 12.3 Å². The highest BCUT2D eigenvalue weighted by molar-refractivity contribution is 5.77. The van der Waals surface area contributed by atoms with Crippen molar-refractivity contribution in [2.45, 2.75) is 13.1 Å². The number of alkyl halides is 3. The highest BCUT2D eigenvalue weighted by atomic mass is 19.4. The first-order valence-corrected chi connectivity index (χ1v) is 5.94. The van der Waals surface area contributed by atoms with Crippen LogP contribution in [0.25, 0.3) is 16.8 Å². The Balaban J connectivity index is 2.18. The zero-order valence-corrected chi connectivity index (χ0v) is 10.5. The van der Waals surface area contributed by atoms with Crippen molar-refractivity contribution in [3.8, 4) is 11.1 Å².